The third-order valence-electron chi connectivity index (χ3n) is 1.54. The Morgan fingerprint density at radius 2 is 1.92 bits per heavy atom. The van der Waals surface area contributed by atoms with Gasteiger partial charge in [0, 0.05) is 0 Å². The van der Waals surface area contributed by atoms with Gasteiger partial charge in [-0.15, -0.1) is 0 Å². The minimum absolute atomic E-state index is 0.0187. The van der Waals surface area contributed by atoms with Crippen molar-refractivity contribution >= 4 is 5.97 Å². The second-order valence-electron chi connectivity index (χ2n) is 2.63. The average Bonchev–Trinajstić information content (AvgIpc) is 1.98. The highest BCUT2D eigenvalue weighted by Crippen LogP contribution is 2.30. The van der Waals surface area contributed by atoms with Gasteiger partial charge in [0.15, 0.2) is 5.92 Å². The van der Waals surface area contributed by atoms with Crippen molar-refractivity contribution in [2.45, 2.75) is 32.9 Å². The molecule has 0 aromatic carbocycles. The third-order valence-corrected chi connectivity index (χ3v) is 1.54. The number of rotatable bonds is 4. The zero-order valence-corrected chi connectivity index (χ0v) is 7.65. The lowest BCUT2D eigenvalue weighted by atomic mass is 10.0. The summed E-state index contributed by atoms with van der Waals surface area (Å²) in [7, 11) is 0. The van der Waals surface area contributed by atoms with Crippen molar-refractivity contribution in [2.24, 2.45) is 5.92 Å². The van der Waals surface area contributed by atoms with Crippen LogP contribution in [0.3, 0.4) is 0 Å². The van der Waals surface area contributed by atoms with Crippen LogP contribution in [-0.4, -0.2) is 18.8 Å². The summed E-state index contributed by atoms with van der Waals surface area (Å²) in [6.07, 6.45) is -4.38. The first kappa shape index (κ1) is 12.3. The van der Waals surface area contributed by atoms with Crippen LogP contribution >= 0.6 is 0 Å². The van der Waals surface area contributed by atoms with Gasteiger partial charge in [0.25, 0.3) is 0 Å². The molecule has 2 nitrogen and oxygen atoms in total. The highest BCUT2D eigenvalue weighted by molar-refractivity contribution is 5.73. The quantitative estimate of drug-likeness (QED) is 0.649. The van der Waals surface area contributed by atoms with Crippen molar-refractivity contribution in [3.05, 3.63) is 0 Å². The molecule has 0 spiro atoms. The van der Waals surface area contributed by atoms with E-state index in [1.807, 2.05) is 0 Å². The average molecular weight is 198 g/mol. The van der Waals surface area contributed by atoms with Gasteiger partial charge in [0.05, 0.1) is 6.61 Å². The maximum atomic E-state index is 12.2. The Kier molecular flexibility index (Phi) is 4.80. The summed E-state index contributed by atoms with van der Waals surface area (Å²) in [5, 5.41) is 0. The van der Waals surface area contributed by atoms with E-state index in [0.717, 1.165) is 0 Å². The van der Waals surface area contributed by atoms with Gasteiger partial charge in [-0.05, 0) is 13.3 Å². The molecule has 13 heavy (non-hydrogen) atoms. The maximum absolute atomic E-state index is 12.2. The van der Waals surface area contributed by atoms with Crippen molar-refractivity contribution in [1.82, 2.24) is 0 Å². The molecule has 0 aliphatic heterocycles. The lowest BCUT2D eigenvalue weighted by molar-refractivity contribution is -0.198. The lowest BCUT2D eigenvalue weighted by Crippen LogP contribution is -2.32. The molecule has 0 radical (unpaired) electrons. The molecule has 0 bridgehead atoms. The van der Waals surface area contributed by atoms with E-state index in [-0.39, 0.29) is 13.0 Å². The molecule has 0 saturated heterocycles. The number of esters is 1. The van der Waals surface area contributed by atoms with Crippen molar-refractivity contribution in [1.29, 1.82) is 0 Å². The van der Waals surface area contributed by atoms with E-state index in [4.69, 9.17) is 0 Å². The van der Waals surface area contributed by atoms with Crippen molar-refractivity contribution in [2.75, 3.05) is 6.61 Å². The molecule has 0 aliphatic carbocycles. The Hall–Kier alpha value is -0.740. The van der Waals surface area contributed by atoms with Crippen LogP contribution in [0.25, 0.3) is 0 Å². The first-order valence-electron chi connectivity index (χ1n) is 4.16. The van der Waals surface area contributed by atoms with Crippen LogP contribution in [0.2, 0.25) is 0 Å². The van der Waals surface area contributed by atoms with Gasteiger partial charge in [-0.1, -0.05) is 13.3 Å². The van der Waals surface area contributed by atoms with E-state index >= 15 is 0 Å². The Morgan fingerprint density at radius 3 is 2.23 bits per heavy atom. The van der Waals surface area contributed by atoms with E-state index < -0.39 is 18.1 Å². The summed E-state index contributed by atoms with van der Waals surface area (Å²) >= 11 is 0. The number of hydrogen-bond donors (Lipinski definition) is 0. The van der Waals surface area contributed by atoms with Crippen LogP contribution in [0, 0.1) is 5.92 Å². The highest BCUT2D eigenvalue weighted by atomic mass is 19.4. The van der Waals surface area contributed by atoms with E-state index in [2.05, 4.69) is 4.74 Å². The Labute approximate surface area is 75.1 Å². The molecule has 0 saturated carbocycles. The number of hydrogen-bond acceptors (Lipinski definition) is 2. The minimum Gasteiger partial charge on any atom is -0.466 e. The molecule has 0 rings (SSSR count). The fourth-order valence-electron chi connectivity index (χ4n) is 0.947. The largest absolute Gasteiger partial charge is 0.466 e. The second-order valence-corrected chi connectivity index (χ2v) is 2.63. The van der Waals surface area contributed by atoms with E-state index in [0.29, 0.717) is 6.42 Å². The third kappa shape index (κ3) is 4.15. The van der Waals surface area contributed by atoms with Crippen molar-refractivity contribution in [3.8, 4) is 0 Å². The first-order chi connectivity index (χ1) is 5.93. The van der Waals surface area contributed by atoms with E-state index in [9.17, 15) is 18.0 Å². The number of halogens is 3. The maximum Gasteiger partial charge on any atom is 0.402 e. The molecule has 5 heteroatoms. The van der Waals surface area contributed by atoms with Gasteiger partial charge in [-0.25, -0.2) is 0 Å². The fourth-order valence-corrected chi connectivity index (χ4v) is 0.947. The number of carbonyl (C=O) groups is 1. The molecule has 0 aliphatic rings. The molecule has 0 fully saturated rings. The fraction of sp³-hybridized carbons (Fsp3) is 0.875. The molecule has 78 valence electrons. The molecule has 0 aromatic rings. The molecule has 0 amide bonds. The molecule has 1 atom stereocenters. The van der Waals surface area contributed by atoms with Gasteiger partial charge in [-0.2, -0.15) is 13.2 Å². The van der Waals surface area contributed by atoms with Gasteiger partial charge in [0.1, 0.15) is 0 Å². The molecule has 0 aromatic heterocycles. The summed E-state index contributed by atoms with van der Waals surface area (Å²) in [6.45, 7) is 3.06. The summed E-state index contributed by atoms with van der Waals surface area (Å²) in [4.78, 5) is 10.8. The van der Waals surface area contributed by atoms with Crippen LogP contribution in [0.5, 0.6) is 0 Å². The second kappa shape index (κ2) is 5.09. The van der Waals surface area contributed by atoms with Crippen molar-refractivity contribution in [3.63, 3.8) is 0 Å². The summed E-state index contributed by atoms with van der Waals surface area (Å²) in [6, 6.07) is 0. The normalized spacial score (nSPS) is 13.9. The zero-order chi connectivity index (χ0) is 10.5. The van der Waals surface area contributed by atoms with E-state index in [1.54, 1.807) is 6.92 Å². The predicted molar refractivity (Wildman–Crippen MR) is 41.1 cm³/mol. The predicted octanol–water partition coefficient (Wildman–Crippen LogP) is 2.53. The lowest BCUT2D eigenvalue weighted by Gasteiger charge is -2.17. The van der Waals surface area contributed by atoms with Crippen LogP contribution in [0.4, 0.5) is 13.2 Å². The van der Waals surface area contributed by atoms with Gasteiger partial charge >= 0.3 is 12.1 Å². The number of carbonyl (C=O) groups excluding carboxylic acids is 1. The molecular weight excluding hydrogens is 185 g/mol. The van der Waals surface area contributed by atoms with Gasteiger partial charge in [0.2, 0.25) is 0 Å². The first-order valence-corrected chi connectivity index (χ1v) is 4.16. The van der Waals surface area contributed by atoms with Crippen LogP contribution < -0.4 is 0 Å². The Balaban J connectivity index is 4.33. The highest BCUT2D eigenvalue weighted by Gasteiger charge is 2.44. The smallest absolute Gasteiger partial charge is 0.402 e. The van der Waals surface area contributed by atoms with Gasteiger partial charge in [-0.3, -0.25) is 4.79 Å². The molecule has 0 N–H and O–H groups in total. The monoisotopic (exact) mass is 198 g/mol. The SMILES string of the molecule is CCCC(C(=O)OCC)C(F)(F)F. The molecule has 0 heterocycles. The van der Waals surface area contributed by atoms with Crippen LogP contribution in [-0.2, 0) is 9.53 Å². The topological polar surface area (TPSA) is 26.3 Å². The summed E-state index contributed by atoms with van der Waals surface area (Å²) < 4.78 is 40.9. The number of ether oxygens (including phenoxy) is 1. The molecule has 1 unspecified atom stereocenters. The van der Waals surface area contributed by atoms with Gasteiger partial charge < -0.3 is 4.74 Å². The van der Waals surface area contributed by atoms with Crippen molar-refractivity contribution < 1.29 is 22.7 Å². The minimum atomic E-state index is -4.48. The van der Waals surface area contributed by atoms with Crippen LogP contribution in [0.15, 0.2) is 0 Å². The zero-order valence-electron chi connectivity index (χ0n) is 7.65. The number of alkyl halides is 3. The summed E-state index contributed by atoms with van der Waals surface area (Å²) in [5.74, 6) is -3.13. The standard InChI is InChI=1S/C8H13F3O2/c1-3-5-6(8(9,10)11)7(12)13-4-2/h6H,3-5H2,1-2H3. The van der Waals surface area contributed by atoms with E-state index in [1.165, 1.54) is 6.92 Å². The summed E-state index contributed by atoms with van der Waals surface area (Å²) in [5.41, 5.74) is 0. The Morgan fingerprint density at radius 1 is 1.38 bits per heavy atom. The Bertz CT molecular complexity index is 165. The molecular formula is C8H13F3O2. The van der Waals surface area contributed by atoms with Crippen LogP contribution in [0.1, 0.15) is 26.7 Å².